The van der Waals surface area contributed by atoms with Crippen LogP contribution in [0, 0.1) is 11.6 Å². The molecule has 0 amide bonds. The van der Waals surface area contributed by atoms with Crippen LogP contribution in [0.5, 0.6) is 0 Å². The van der Waals surface area contributed by atoms with Gasteiger partial charge in [0.25, 0.3) is 0 Å². The number of Topliss-reactive ketones (excluding diaryl/α,β-unsaturated/α-hetero) is 1. The van der Waals surface area contributed by atoms with Crippen LogP contribution in [0.4, 0.5) is 8.78 Å². The Kier molecular flexibility index (Phi) is 4.64. The van der Waals surface area contributed by atoms with Crippen molar-refractivity contribution < 1.29 is 13.6 Å². The van der Waals surface area contributed by atoms with E-state index in [0.717, 1.165) is 44.4 Å². The second-order valence-electron chi connectivity index (χ2n) is 5.11. The fourth-order valence-corrected chi connectivity index (χ4v) is 2.14. The predicted molar refractivity (Wildman–Crippen MR) is 70.2 cm³/mol. The van der Waals surface area contributed by atoms with Crippen LogP contribution >= 0.6 is 0 Å². The van der Waals surface area contributed by atoms with E-state index in [1.807, 2.05) is 0 Å². The molecule has 0 atom stereocenters. The first kappa shape index (κ1) is 14.1. The zero-order valence-corrected chi connectivity index (χ0v) is 11.2. The van der Waals surface area contributed by atoms with Crippen molar-refractivity contribution in [2.24, 2.45) is 0 Å². The molecular weight excluding hydrogens is 248 g/mol. The van der Waals surface area contributed by atoms with Gasteiger partial charge in [-0.2, -0.15) is 0 Å². The van der Waals surface area contributed by atoms with Crippen molar-refractivity contribution in [3.05, 3.63) is 35.4 Å². The Morgan fingerprint density at radius 1 is 1.32 bits per heavy atom. The number of hydrogen-bond acceptors (Lipinski definition) is 2. The predicted octanol–water partition coefficient (Wildman–Crippen LogP) is 3.41. The van der Waals surface area contributed by atoms with E-state index in [1.54, 1.807) is 0 Å². The van der Waals surface area contributed by atoms with Crippen LogP contribution in [0.3, 0.4) is 0 Å². The number of nitrogens with zero attached hydrogens (tertiary/aromatic N) is 1. The summed E-state index contributed by atoms with van der Waals surface area (Å²) in [6.45, 7) is 3.31. The molecule has 0 N–H and O–H groups in total. The Morgan fingerprint density at radius 2 is 2.05 bits per heavy atom. The number of carbonyl (C=O) groups is 1. The van der Waals surface area contributed by atoms with Crippen LogP contribution < -0.4 is 0 Å². The molecule has 0 radical (unpaired) electrons. The number of carbonyl (C=O) groups excluding carboxylic acids is 1. The molecule has 0 bridgehead atoms. The third-order valence-corrected chi connectivity index (χ3v) is 3.45. The summed E-state index contributed by atoms with van der Waals surface area (Å²) in [4.78, 5) is 14.2. The highest BCUT2D eigenvalue weighted by Gasteiger charge is 2.29. The first-order valence-electron chi connectivity index (χ1n) is 6.84. The minimum atomic E-state index is -0.961. The SMILES string of the molecule is CCCCN(CC(=O)c1ccc(F)c(F)c1)C1CC1. The molecule has 0 unspecified atom stereocenters. The van der Waals surface area contributed by atoms with Gasteiger partial charge in [-0.3, -0.25) is 9.69 Å². The first-order valence-corrected chi connectivity index (χ1v) is 6.84. The highest BCUT2D eigenvalue weighted by Crippen LogP contribution is 2.27. The summed E-state index contributed by atoms with van der Waals surface area (Å²) in [6, 6.07) is 3.85. The van der Waals surface area contributed by atoms with E-state index in [-0.39, 0.29) is 11.3 Å². The fourth-order valence-electron chi connectivity index (χ4n) is 2.14. The first-order chi connectivity index (χ1) is 9.11. The maximum atomic E-state index is 13.1. The van der Waals surface area contributed by atoms with E-state index >= 15 is 0 Å². The summed E-state index contributed by atoms with van der Waals surface area (Å²) in [7, 11) is 0. The summed E-state index contributed by atoms with van der Waals surface area (Å²) in [5, 5.41) is 0. The maximum Gasteiger partial charge on any atom is 0.176 e. The quantitative estimate of drug-likeness (QED) is 0.706. The minimum Gasteiger partial charge on any atom is -0.293 e. The molecule has 104 valence electrons. The van der Waals surface area contributed by atoms with Gasteiger partial charge in [0.15, 0.2) is 17.4 Å². The molecule has 4 heteroatoms. The molecule has 1 fully saturated rings. The Bertz CT molecular complexity index is 457. The Morgan fingerprint density at radius 3 is 2.63 bits per heavy atom. The van der Waals surface area contributed by atoms with Gasteiger partial charge in [-0.05, 0) is 44.0 Å². The van der Waals surface area contributed by atoms with Crippen molar-refractivity contribution in [1.82, 2.24) is 4.90 Å². The van der Waals surface area contributed by atoms with Crippen LogP contribution in [0.2, 0.25) is 0 Å². The van der Waals surface area contributed by atoms with Gasteiger partial charge in [-0.15, -0.1) is 0 Å². The van der Waals surface area contributed by atoms with Gasteiger partial charge in [-0.25, -0.2) is 8.78 Å². The molecule has 1 aliphatic carbocycles. The molecule has 2 rings (SSSR count). The fraction of sp³-hybridized carbons (Fsp3) is 0.533. The number of hydrogen-bond donors (Lipinski definition) is 0. The van der Waals surface area contributed by atoms with Crippen molar-refractivity contribution in [2.75, 3.05) is 13.1 Å². The summed E-state index contributed by atoms with van der Waals surface area (Å²) in [6.07, 6.45) is 4.41. The summed E-state index contributed by atoms with van der Waals surface area (Å²) >= 11 is 0. The van der Waals surface area contributed by atoms with Crippen LogP contribution in [-0.2, 0) is 0 Å². The average molecular weight is 267 g/mol. The Hall–Kier alpha value is -1.29. The summed E-state index contributed by atoms with van der Waals surface area (Å²) < 4.78 is 25.9. The lowest BCUT2D eigenvalue weighted by atomic mass is 10.1. The molecule has 1 saturated carbocycles. The molecule has 0 aliphatic heterocycles. The standard InChI is InChI=1S/C15H19F2NO/c1-2-3-8-18(12-5-6-12)10-15(19)11-4-7-13(16)14(17)9-11/h4,7,9,12H,2-3,5-6,8,10H2,1H3. The number of rotatable bonds is 7. The Labute approximate surface area is 112 Å². The minimum absolute atomic E-state index is 0.137. The van der Waals surface area contributed by atoms with E-state index in [4.69, 9.17) is 0 Å². The van der Waals surface area contributed by atoms with Crippen LogP contribution in [-0.4, -0.2) is 29.8 Å². The smallest absolute Gasteiger partial charge is 0.176 e. The normalized spacial score (nSPS) is 14.9. The lowest BCUT2D eigenvalue weighted by Gasteiger charge is -2.20. The Balaban J connectivity index is 1.99. The van der Waals surface area contributed by atoms with Gasteiger partial charge in [0.05, 0.1) is 6.54 Å². The average Bonchev–Trinajstić information content (AvgIpc) is 3.21. The second-order valence-corrected chi connectivity index (χ2v) is 5.11. The van der Waals surface area contributed by atoms with E-state index in [1.165, 1.54) is 6.07 Å². The third kappa shape index (κ3) is 3.83. The van der Waals surface area contributed by atoms with E-state index in [9.17, 15) is 13.6 Å². The molecule has 1 aliphatic rings. The third-order valence-electron chi connectivity index (χ3n) is 3.45. The zero-order valence-electron chi connectivity index (χ0n) is 11.2. The molecule has 0 heterocycles. The molecule has 19 heavy (non-hydrogen) atoms. The van der Waals surface area contributed by atoms with Crippen molar-refractivity contribution >= 4 is 5.78 Å². The van der Waals surface area contributed by atoms with Gasteiger partial charge in [0, 0.05) is 11.6 Å². The number of benzene rings is 1. The molecule has 0 aromatic heterocycles. The van der Waals surface area contributed by atoms with E-state index in [2.05, 4.69) is 11.8 Å². The van der Waals surface area contributed by atoms with Crippen LogP contribution in [0.25, 0.3) is 0 Å². The van der Waals surface area contributed by atoms with Gasteiger partial charge >= 0.3 is 0 Å². The van der Waals surface area contributed by atoms with Crippen molar-refractivity contribution in [1.29, 1.82) is 0 Å². The number of halogens is 2. The molecule has 2 nitrogen and oxygen atoms in total. The highest BCUT2D eigenvalue weighted by atomic mass is 19.2. The van der Waals surface area contributed by atoms with Gasteiger partial charge in [-0.1, -0.05) is 13.3 Å². The van der Waals surface area contributed by atoms with Crippen LogP contribution in [0.15, 0.2) is 18.2 Å². The second kappa shape index (κ2) is 6.24. The monoisotopic (exact) mass is 267 g/mol. The largest absolute Gasteiger partial charge is 0.293 e. The summed E-state index contributed by atoms with van der Waals surface area (Å²) in [5.41, 5.74) is 0.251. The maximum absolute atomic E-state index is 13.1. The van der Waals surface area contributed by atoms with Gasteiger partial charge in [0.2, 0.25) is 0 Å². The van der Waals surface area contributed by atoms with Crippen LogP contribution in [0.1, 0.15) is 43.0 Å². The lowest BCUT2D eigenvalue weighted by molar-refractivity contribution is 0.0923. The van der Waals surface area contributed by atoms with Crippen molar-refractivity contribution in [3.63, 3.8) is 0 Å². The van der Waals surface area contributed by atoms with Crippen molar-refractivity contribution in [3.8, 4) is 0 Å². The molecule has 1 aromatic carbocycles. The number of unbranched alkanes of at least 4 members (excludes halogenated alkanes) is 1. The highest BCUT2D eigenvalue weighted by molar-refractivity contribution is 5.97. The van der Waals surface area contributed by atoms with Gasteiger partial charge < -0.3 is 0 Å². The zero-order chi connectivity index (χ0) is 13.8. The molecule has 0 spiro atoms. The van der Waals surface area contributed by atoms with Gasteiger partial charge in [0.1, 0.15) is 0 Å². The molecular formula is C15H19F2NO. The van der Waals surface area contributed by atoms with E-state index in [0.29, 0.717) is 12.6 Å². The van der Waals surface area contributed by atoms with Crippen molar-refractivity contribution in [2.45, 2.75) is 38.6 Å². The van der Waals surface area contributed by atoms with E-state index < -0.39 is 11.6 Å². The number of ketones is 1. The molecule has 0 saturated heterocycles. The lowest BCUT2D eigenvalue weighted by Crippen LogP contribution is -2.32. The molecule has 1 aromatic rings. The summed E-state index contributed by atoms with van der Waals surface area (Å²) in [5.74, 6) is -2.01. The topological polar surface area (TPSA) is 20.3 Å².